The van der Waals surface area contributed by atoms with Crippen molar-refractivity contribution in [2.24, 2.45) is 5.92 Å². The number of rotatable bonds is 11. The van der Waals surface area contributed by atoms with Crippen LogP contribution >= 0.6 is 11.8 Å². The van der Waals surface area contributed by atoms with Crippen molar-refractivity contribution in [2.75, 3.05) is 18.1 Å². The summed E-state index contributed by atoms with van der Waals surface area (Å²) in [5.41, 5.74) is 0. The summed E-state index contributed by atoms with van der Waals surface area (Å²) in [6, 6.07) is 0.690. The largest absolute Gasteiger partial charge is 0.314 e. The van der Waals surface area contributed by atoms with Gasteiger partial charge in [0.1, 0.15) is 0 Å². The molecule has 0 aromatic rings. The molecule has 16 heavy (non-hydrogen) atoms. The molecule has 2 heteroatoms. The number of nitrogens with one attached hydrogen (secondary N) is 1. The van der Waals surface area contributed by atoms with Crippen LogP contribution < -0.4 is 5.32 Å². The molecule has 98 valence electrons. The molecule has 0 bridgehead atoms. The monoisotopic (exact) mass is 245 g/mol. The molecule has 0 heterocycles. The van der Waals surface area contributed by atoms with E-state index >= 15 is 0 Å². The maximum atomic E-state index is 3.69. The predicted octanol–water partition coefficient (Wildman–Crippen LogP) is 4.32. The average Bonchev–Trinajstić information content (AvgIpc) is 2.30. The summed E-state index contributed by atoms with van der Waals surface area (Å²) in [6.45, 7) is 10.4. The molecule has 1 nitrogen and oxygen atoms in total. The third-order valence-electron chi connectivity index (χ3n) is 3.20. The van der Waals surface area contributed by atoms with Crippen molar-refractivity contribution in [1.82, 2.24) is 5.32 Å². The predicted molar refractivity (Wildman–Crippen MR) is 78.4 cm³/mol. The maximum Gasteiger partial charge on any atom is 0.00466 e. The number of thioether (sulfide) groups is 1. The molecule has 0 aliphatic heterocycles. The molecule has 1 N–H and O–H groups in total. The van der Waals surface area contributed by atoms with Gasteiger partial charge >= 0.3 is 0 Å². The van der Waals surface area contributed by atoms with Crippen molar-refractivity contribution in [1.29, 1.82) is 0 Å². The Bertz CT molecular complexity index is 139. The molecule has 0 aromatic carbocycles. The number of hydrogen-bond acceptors (Lipinski definition) is 2. The zero-order chi connectivity index (χ0) is 12.2. The van der Waals surface area contributed by atoms with E-state index in [1.807, 2.05) is 0 Å². The van der Waals surface area contributed by atoms with E-state index in [2.05, 4.69) is 44.8 Å². The molecule has 2 unspecified atom stereocenters. The highest BCUT2D eigenvalue weighted by molar-refractivity contribution is 7.99. The van der Waals surface area contributed by atoms with Gasteiger partial charge in [-0.05, 0) is 43.7 Å². The SMILES string of the molecule is CCCCC(CC)CNC(C)CCSCC. The summed E-state index contributed by atoms with van der Waals surface area (Å²) in [5, 5.41) is 3.69. The van der Waals surface area contributed by atoms with Gasteiger partial charge in [0.2, 0.25) is 0 Å². The van der Waals surface area contributed by atoms with Crippen LogP contribution in [-0.2, 0) is 0 Å². The standard InChI is InChI=1S/C14H31NS/c1-5-8-9-14(6-2)12-15-13(4)10-11-16-7-3/h13-15H,5-12H2,1-4H3. The van der Waals surface area contributed by atoms with Gasteiger partial charge in [-0.3, -0.25) is 0 Å². The van der Waals surface area contributed by atoms with Gasteiger partial charge in [-0.15, -0.1) is 0 Å². The van der Waals surface area contributed by atoms with Crippen LogP contribution in [0.25, 0.3) is 0 Å². The van der Waals surface area contributed by atoms with Crippen LogP contribution in [0.4, 0.5) is 0 Å². The third kappa shape index (κ3) is 9.53. The zero-order valence-electron chi connectivity index (χ0n) is 11.7. The van der Waals surface area contributed by atoms with Crippen molar-refractivity contribution in [3.05, 3.63) is 0 Å². The van der Waals surface area contributed by atoms with Crippen LogP contribution in [0.1, 0.15) is 59.8 Å². The Balaban J connectivity index is 3.50. The first kappa shape index (κ1) is 16.3. The van der Waals surface area contributed by atoms with Crippen molar-refractivity contribution in [3.63, 3.8) is 0 Å². The van der Waals surface area contributed by atoms with Crippen LogP contribution in [0.15, 0.2) is 0 Å². The van der Waals surface area contributed by atoms with Gasteiger partial charge in [0.15, 0.2) is 0 Å². The number of hydrogen-bond donors (Lipinski definition) is 1. The first-order valence-electron chi connectivity index (χ1n) is 7.05. The van der Waals surface area contributed by atoms with Crippen LogP contribution in [-0.4, -0.2) is 24.1 Å². The minimum atomic E-state index is 0.690. The van der Waals surface area contributed by atoms with E-state index in [-0.39, 0.29) is 0 Å². The molecular weight excluding hydrogens is 214 g/mol. The Morgan fingerprint density at radius 1 is 1.12 bits per heavy atom. The summed E-state index contributed by atoms with van der Waals surface area (Å²) in [6.07, 6.45) is 6.75. The summed E-state index contributed by atoms with van der Waals surface area (Å²) in [7, 11) is 0. The summed E-state index contributed by atoms with van der Waals surface area (Å²) in [4.78, 5) is 0. The van der Waals surface area contributed by atoms with E-state index in [4.69, 9.17) is 0 Å². The van der Waals surface area contributed by atoms with E-state index in [0.29, 0.717) is 6.04 Å². The van der Waals surface area contributed by atoms with Crippen LogP contribution in [0, 0.1) is 5.92 Å². The Kier molecular flexibility index (Phi) is 12.0. The van der Waals surface area contributed by atoms with Gasteiger partial charge in [0.05, 0.1) is 0 Å². The number of unbranched alkanes of at least 4 members (excludes halogenated alkanes) is 1. The van der Waals surface area contributed by atoms with Gasteiger partial charge in [-0.25, -0.2) is 0 Å². The highest BCUT2D eigenvalue weighted by atomic mass is 32.2. The van der Waals surface area contributed by atoms with E-state index in [1.54, 1.807) is 0 Å². The second-order valence-electron chi connectivity index (χ2n) is 4.71. The molecule has 0 amide bonds. The molecule has 0 fully saturated rings. The quantitative estimate of drug-likeness (QED) is 0.544. The van der Waals surface area contributed by atoms with E-state index in [9.17, 15) is 0 Å². The molecule has 0 rings (SSSR count). The second-order valence-corrected chi connectivity index (χ2v) is 6.11. The summed E-state index contributed by atoms with van der Waals surface area (Å²) < 4.78 is 0. The molecule has 0 saturated carbocycles. The van der Waals surface area contributed by atoms with Gasteiger partial charge < -0.3 is 5.32 Å². The third-order valence-corrected chi connectivity index (χ3v) is 4.13. The Morgan fingerprint density at radius 2 is 1.88 bits per heavy atom. The van der Waals surface area contributed by atoms with Crippen LogP contribution in [0.3, 0.4) is 0 Å². The lowest BCUT2D eigenvalue weighted by atomic mass is 9.99. The molecule has 2 atom stereocenters. The van der Waals surface area contributed by atoms with Gasteiger partial charge in [0.25, 0.3) is 0 Å². The lowest BCUT2D eigenvalue weighted by Gasteiger charge is -2.19. The maximum absolute atomic E-state index is 3.69. The Hall–Kier alpha value is 0.310. The molecular formula is C14H31NS. The van der Waals surface area contributed by atoms with Gasteiger partial charge in [-0.1, -0.05) is 40.0 Å². The van der Waals surface area contributed by atoms with Gasteiger partial charge in [-0.2, -0.15) is 11.8 Å². The molecule has 0 aliphatic rings. The van der Waals surface area contributed by atoms with Crippen LogP contribution in [0.2, 0.25) is 0 Å². The lowest BCUT2D eigenvalue weighted by molar-refractivity contribution is 0.392. The summed E-state index contributed by atoms with van der Waals surface area (Å²) in [5.74, 6) is 3.44. The molecule has 0 spiro atoms. The lowest BCUT2D eigenvalue weighted by Crippen LogP contribution is -2.31. The second kappa shape index (κ2) is 11.8. The average molecular weight is 245 g/mol. The van der Waals surface area contributed by atoms with E-state index < -0.39 is 0 Å². The Labute approximate surface area is 107 Å². The fourth-order valence-electron chi connectivity index (χ4n) is 1.82. The Morgan fingerprint density at radius 3 is 2.44 bits per heavy atom. The smallest absolute Gasteiger partial charge is 0.00466 e. The zero-order valence-corrected chi connectivity index (χ0v) is 12.5. The van der Waals surface area contributed by atoms with Gasteiger partial charge in [0, 0.05) is 6.04 Å². The molecule has 0 saturated heterocycles. The normalized spacial score (nSPS) is 15.0. The first-order chi connectivity index (χ1) is 7.74. The topological polar surface area (TPSA) is 12.0 Å². The van der Waals surface area contributed by atoms with Crippen molar-refractivity contribution in [3.8, 4) is 0 Å². The highest BCUT2D eigenvalue weighted by Crippen LogP contribution is 2.12. The van der Waals surface area contributed by atoms with Crippen molar-refractivity contribution >= 4 is 11.8 Å². The minimum absolute atomic E-state index is 0.690. The van der Waals surface area contributed by atoms with Crippen molar-refractivity contribution < 1.29 is 0 Å². The molecule has 0 radical (unpaired) electrons. The fourth-order valence-corrected chi connectivity index (χ4v) is 2.63. The highest BCUT2D eigenvalue weighted by Gasteiger charge is 2.07. The molecule has 0 aromatic heterocycles. The first-order valence-corrected chi connectivity index (χ1v) is 8.21. The van der Waals surface area contributed by atoms with E-state index in [0.717, 1.165) is 5.92 Å². The van der Waals surface area contributed by atoms with E-state index in [1.165, 1.54) is 50.2 Å². The minimum Gasteiger partial charge on any atom is -0.314 e. The molecule has 0 aliphatic carbocycles. The summed E-state index contributed by atoms with van der Waals surface area (Å²) >= 11 is 2.05. The van der Waals surface area contributed by atoms with Crippen LogP contribution in [0.5, 0.6) is 0 Å². The fraction of sp³-hybridized carbons (Fsp3) is 1.00. The van der Waals surface area contributed by atoms with Crippen molar-refractivity contribution in [2.45, 2.75) is 65.8 Å².